The molecule has 3 aromatic carbocycles. The van der Waals surface area contributed by atoms with Gasteiger partial charge in [-0.1, -0.05) is 34.6 Å². The smallest absolute Gasteiger partial charge is 1.00 e. The first-order valence-electron chi connectivity index (χ1n) is 7.08. The molecular weight excluding hydrogens is 402 g/mol. The zero-order valence-electron chi connectivity index (χ0n) is 14.5. The number of rotatable bonds is 0. The minimum atomic E-state index is 0. The van der Waals surface area contributed by atoms with E-state index in [0.29, 0.717) is 0 Å². The van der Waals surface area contributed by atoms with Gasteiger partial charge in [0.05, 0.1) is 0 Å². The van der Waals surface area contributed by atoms with Gasteiger partial charge in [-0.05, 0) is 0 Å². The summed E-state index contributed by atoms with van der Waals surface area (Å²) in [6, 6.07) is 20.0. The summed E-state index contributed by atoms with van der Waals surface area (Å²) in [7, 11) is 0. The van der Waals surface area contributed by atoms with Crippen molar-refractivity contribution in [1.82, 2.24) is 0 Å². The Morgan fingerprint density at radius 2 is 0.913 bits per heavy atom. The summed E-state index contributed by atoms with van der Waals surface area (Å²) in [6.45, 7) is 11.0. The summed E-state index contributed by atoms with van der Waals surface area (Å²) in [5.74, 6) is 0. The van der Waals surface area contributed by atoms with E-state index in [2.05, 4.69) is 34.6 Å². The first kappa shape index (κ1) is 27.4. The summed E-state index contributed by atoms with van der Waals surface area (Å²) in [5.41, 5.74) is 7.34. The maximum absolute atomic E-state index is 2.20. The summed E-state index contributed by atoms with van der Waals surface area (Å²) in [6.07, 6.45) is 0. The second-order valence-corrected chi connectivity index (χ2v) is 5.05. The first-order chi connectivity index (χ1) is 9.55. The van der Waals surface area contributed by atoms with Gasteiger partial charge in [0, 0.05) is 0 Å². The normalized spacial score (nSPS) is 8.04. The molecule has 0 aliphatic heterocycles. The van der Waals surface area contributed by atoms with Gasteiger partial charge in [-0.2, -0.15) is 64.2 Å². The van der Waals surface area contributed by atoms with Crippen LogP contribution in [-0.2, 0) is 26.2 Å². The van der Waals surface area contributed by atoms with Crippen LogP contribution in [0.4, 0.5) is 0 Å². The minimum Gasteiger partial charge on any atom is -1.00 e. The largest absolute Gasteiger partial charge is 2.00 e. The second-order valence-electron chi connectivity index (χ2n) is 5.05. The van der Waals surface area contributed by atoms with Crippen molar-refractivity contribution in [3.63, 3.8) is 0 Å². The molecule has 3 aromatic rings. The van der Waals surface area contributed by atoms with Crippen LogP contribution in [0.25, 0.3) is 0 Å². The fourth-order valence-corrected chi connectivity index (χ4v) is 2.05. The molecule has 126 valence electrons. The third-order valence-corrected chi connectivity index (χ3v) is 3.92. The number of halogens is 2. The maximum Gasteiger partial charge on any atom is 2.00 e. The third-order valence-electron chi connectivity index (χ3n) is 3.92. The van der Waals surface area contributed by atoms with Crippen molar-refractivity contribution < 1.29 is 51.0 Å². The van der Waals surface area contributed by atoms with Gasteiger partial charge >= 0.3 is 26.2 Å². The molecule has 0 spiro atoms. The Balaban J connectivity index is -0.000000265. The van der Waals surface area contributed by atoms with Crippen molar-refractivity contribution >= 4 is 0 Å². The van der Waals surface area contributed by atoms with E-state index in [1.54, 1.807) is 0 Å². The summed E-state index contributed by atoms with van der Waals surface area (Å²) in [4.78, 5) is 0. The summed E-state index contributed by atoms with van der Waals surface area (Å²) < 4.78 is 0. The SMILES string of the molecule is Cc1c(C)c(C)[c-](C)c1C.[Cl-].[Cl-].[Zr+2].c1cc[cH-]c1.c1cc[cH-]c1. The van der Waals surface area contributed by atoms with Gasteiger partial charge in [-0.25, -0.2) is 24.3 Å². The molecule has 0 aromatic heterocycles. The van der Waals surface area contributed by atoms with Crippen LogP contribution < -0.4 is 24.8 Å². The van der Waals surface area contributed by atoms with Crippen LogP contribution in [0.15, 0.2) is 60.7 Å². The molecule has 23 heavy (non-hydrogen) atoms. The zero-order valence-corrected chi connectivity index (χ0v) is 18.5. The van der Waals surface area contributed by atoms with Crippen molar-refractivity contribution in [3.8, 4) is 0 Å². The van der Waals surface area contributed by atoms with E-state index in [9.17, 15) is 0 Å². The Labute approximate surface area is 173 Å². The molecule has 3 heteroatoms. The predicted octanol–water partition coefficient (Wildman–Crippen LogP) is -0.236. The monoisotopic (exact) mass is 425 g/mol. The van der Waals surface area contributed by atoms with Crippen LogP contribution in [0.3, 0.4) is 0 Å². The van der Waals surface area contributed by atoms with Gasteiger partial charge in [0.1, 0.15) is 0 Å². The Morgan fingerprint density at radius 1 is 0.652 bits per heavy atom. The zero-order chi connectivity index (χ0) is 15.0. The number of hydrogen-bond acceptors (Lipinski definition) is 0. The van der Waals surface area contributed by atoms with Crippen LogP contribution in [0.5, 0.6) is 0 Å². The third kappa shape index (κ3) is 9.40. The molecule has 3 rings (SSSR count). The Morgan fingerprint density at radius 3 is 1.00 bits per heavy atom. The fraction of sp³-hybridized carbons (Fsp3) is 0.250. The first-order valence-corrected chi connectivity index (χ1v) is 7.08. The van der Waals surface area contributed by atoms with E-state index < -0.39 is 0 Å². The molecule has 0 unspecified atom stereocenters. The molecule has 0 radical (unpaired) electrons. The molecule has 0 atom stereocenters. The van der Waals surface area contributed by atoms with E-state index >= 15 is 0 Å². The van der Waals surface area contributed by atoms with Crippen molar-refractivity contribution in [2.45, 2.75) is 34.6 Å². The van der Waals surface area contributed by atoms with Gasteiger partial charge in [0.2, 0.25) is 0 Å². The molecule has 0 saturated heterocycles. The van der Waals surface area contributed by atoms with Crippen LogP contribution in [0.2, 0.25) is 0 Å². The standard InChI is InChI=1S/C10H15.2C5H5.2ClH.Zr/c1-6-7(2)9(4)10(5)8(6)3;2*1-2-4-5-3-1;;;/h1-5H3;2*1-5H;2*1H;/q3*-1;;;+2/p-2. The minimum absolute atomic E-state index is 0. The van der Waals surface area contributed by atoms with E-state index in [1.165, 1.54) is 27.8 Å². The van der Waals surface area contributed by atoms with Gasteiger partial charge in [0.25, 0.3) is 0 Å². The van der Waals surface area contributed by atoms with Gasteiger partial charge in [-0.15, -0.1) is 0 Å². The quantitative estimate of drug-likeness (QED) is 0.435. The van der Waals surface area contributed by atoms with Gasteiger partial charge < -0.3 is 24.8 Å². The average Bonchev–Trinajstić information content (AvgIpc) is 3.22. The van der Waals surface area contributed by atoms with Crippen molar-refractivity contribution in [3.05, 3.63) is 88.5 Å². The van der Waals surface area contributed by atoms with Gasteiger partial charge in [0.15, 0.2) is 0 Å². The molecular formula is C20H25Cl2Zr-3. The molecule has 0 nitrogen and oxygen atoms in total. The molecule has 0 N–H and O–H groups in total. The number of hydrogen-bond donors (Lipinski definition) is 0. The van der Waals surface area contributed by atoms with Crippen molar-refractivity contribution in [2.75, 3.05) is 0 Å². The second kappa shape index (κ2) is 15.1. The molecule has 0 amide bonds. The Bertz CT molecular complexity index is 435. The predicted molar refractivity (Wildman–Crippen MR) is 89.8 cm³/mol. The van der Waals surface area contributed by atoms with E-state index in [1.807, 2.05) is 60.7 Å². The average molecular weight is 428 g/mol. The Kier molecular flexibility index (Phi) is 17.9. The topological polar surface area (TPSA) is 0 Å². The van der Waals surface area contributed by atoms with Crippen LogP contribution in [-0.4, -0.2) is 0 Å². The maximum atomic E-state index is 2.20. The molecule has 0 bridgehead atoms. The van der Waals surface area contributed by atoms with E-state index in [0.717, 1.165) is 0 Å². The molecule has 0 fully saturated rings. The van der Waals surface area contributed by atoms with E-state index in [-0.39, 0.29) is 51.0 Å². The molecule has 0 aliphatic carbocycles. The van der Waals surface area contributed by atoms with Crippen molar-refractivity contribution in [1.29, 1.82) is 0 Å². The fourth-order valence-electron chi connectivity index (χ4n) is 2.05. The van der Waals surface area contributed by atoms with Gasteiger partial charge in [-0.3, -0.25) is 0 Å². The van der Waals surface area contributed by atoms with Crippen LogP contribution in [0, 0.1) is 34.6 Å². The summed E-state index contributed by atoms with van der Waals surface area (Å²) in [5, 5.41) is 0. The molecule has 0 aliphatic rings. The molecule has 0 saturated carbocycles. The summed E-state index contributed by atoms with van der Waals surface area (Å²) >= 11 is 0. The Hall–Kier alpha value is -0.487. The van der Waals surface area contributed by atoms with Crippen LogP contribution in [0.1, 0.15) is 27.8 Å². The molecule has 0 heterocycles. The van der Waals surface area contributed by atoms with Crippen LogP contribution >= 0.6 is 0 Å². The van der Waals surface area contributed by atoms with E-state index in [4.69, 9.17) is 0 Å². The van der Waals surface area contributed by atoms with Crippen molar-refractivity contribution in [2.24, 2.45) is 0 Å².